The van der Waals surface area contributed by atoms with Crippen LogP contribution in [0.25, 0.3) is 16.2 Å². The highest BCUT2D eigenvalue weighted by molar-refractivity contribution is 7.17. The molecule has 86 valence electrons. The maximum atomic E-state index is 5.22. The number of aryl methyl sites for hydroxylation is 1. The molecule has 0 aliphatic carbocycles. The number of nitrogens with zero attached hydrogens (tertiary/aromatic N) is 2. The van der Waals surface area contributed by atoms with Crippen LogP contribution in [0.1, 0.15) is 4.88 Å². The van der Waals surface area contributed by atoms with Crippen LogP contribution in [0, 0.1) is 6.92 Å². The highest BCUT2D eigenvalue weighted by Gasteiger charge is 2.07. The van der Waals surface area contributed by atoms with Gasteiger partial charge in [0.2, 0.25) is 0 Å². The molecule has 3 rings (SSSR count). The van der Waals surface area contributed by atoms with Gasteiger partial charge in [-0.3, -0.25) is 4.40 Å². The Kier molecular flexibility index (Phi) is 2.37. The van der Waals surface area contributed by atoms with E-state index < -0.39 is 0 Å². The van der Waals surface area contributed by atoms with Crippen molar-refractivity contribution in [3.63, 3.8) is 0 Å². The van der Waals surface area contributed by atoms with Crippen molar-refractivity contribution >= 4 is 16.3 Å². The number of imidazole rings is 1. The summed E-state index contributed by atoms with van der Waals surface area (Å²) < 4.78 is 7.28. The molecule has 0 atom stereocenters. The molecule has 2 aromatic heterocycles. The third-order valence-corrected chi connectivity index (χ3v) is 3.55. The first-order chi connectivity index (χ1) is 8.26. The molecule has 0 bridgehead atoms. The molecule has 3 aromatic rings. The van der Waals surface area contributed by atoms with E-state index in [0.717, 1.165) is 22.0 Å². The van der Waals surface area contributed by atoms with Gasteiger partial charge < -0.3 is 4.74 Å². The van der Waals surface area contributed by atoms with Crippen molar-refractivity contribution in [2.75, 3.05) is 7.11 Å². The van der Waals surface area contributed by atoms with Crippen molar-refractivity contribution in [3.8, 4) is 17.0 Å². The molecular formula is C13H12N2OS. The minimum absolute atomic E-state index is 0.857. The molecule has 0 saturated carbocycles. The van der Waals surface area contributed by atoms with Crippen molar-refractivity contribution in [2.24, 2.45) is 0 Å². The molecule has 0 saturated heterocycles. The first kappa shape index (κ1) is 10.4. The number of aromatic nitrogens is 2. The number of fused-ring (bicyclic) bond motifs is 1. The van der Waals surface area contributed by atoms with Crippen molar-refractivity contribution in [3.05, 3.63) is 41.5 Å². The van der Waals surface area contributed by atoms with Gasteiger partial charge in [0.05, 0.1) is 12.8 Å². The zero-order chi connectivity index (χ0) is 11.8. The topological polar surface area (TPSA) is 26.5 Å². The molecule has 1 aromatic carbocycles. The van der Waals surface area contributed by atoms with Crippen molar-refractivity contribution in [1.82, 2.24) is 9.38 Å². The van der Waals surface area contributed by atoms with Crippen LogP contribution >= 0.6 is 11.3 Å². The molecule has 4 heteroatoms. The van der Waals surface area contributed by atoms with E-state index in [2.05, 4.69) is 22.5 Å². The molecule has 0 N–H and O–H groups in total. The summed E-state index contributed by atoms with van der Waals surface area (Å²) in [7, 11) is 1.67. The summed E-state index contributed by atoms with van der Waals surface area (Å²) in [6, 6.07) is 7.96. The molecule has 3 nitrogen and oxygen atoms in total. The molecule has 2 heterocycles. The van der Waals surface area contributed by atoms with Gasteiger partial charge in [0.25, 0.3) is 0 Å². The Bertz CT molecular complexity index is 637. The Morgan fingerprint density at radius 3 is 2.94 bits per heavy atom. The molecule has 0 fully saturated rings. The Hall–Kier alpha value is -1.81. The maximum absolute atomic E-state index is 5.22. The number of ether oxygens (including phenoxy) is 1. The predicted molar refractivity (Wildman–Crippen MR) is 69.8 cm³/mol. The van der Waals surface area contributed by atoms with Gasteiger partial charge in [-0.2, -0.15) is 0 Å². The van der Waals surface area contributed by atoms with Gasteiger partial charge in [-0.15, -0.1) is 11.3 Å². The second-order valence-corrected chi connectivity index (χ2v) is 5.10. The van der Waals surface area contributed by atoms with Gasteiger partial charge in [0.1, 0.15) is 5.75 Å². The van der Waals surface area contributed by atoms with Crippen LogP contribution in [0.3, 0.4) is 0 Å². The molecule has 0 radical (unpaired) electrons. The number of rotatable bonds is 2. The Balaban J connectivity index is 2.09. The molecule has 0 amide bonds. The molecule has 0 unspecified atom stereocenters. The van der Waals surface area contributed by atoms with E-state index in [4.69, 9.17) is 4.74 Å². The SMILES string of the molecule is COc1cccc(-c2cn3cc(C)sc3n2)c1. The standard InChI is InChI=1S/C13H12N2OS/c1-9-7-15-8-12(14-13(15)17-9)10-4-3-5-11(6-10)16-2/h3-8H,1-2H3. The highest BCUT2D eigenvalue weighted by Crippen LogP contribution is 2.25. The Morgan fingerprint density at radius 1 is 1.29 bits per heavy atom. The van der Waals surface area contributed by atoms with E-state index in [1.807, 2.05) is 30.5 Å². The van der Waals surface area contributed by atoms with Crippen LogP contribution in [0.4, 0.5) is 0 Å². The van der Waals surface area contributed by atoms with Crippen LogP contribution < -0.4 is 4.74 Å². The van der Waals surface area contributed by atoms with Gasteiger partial charge in [-0.25, -0.2) is 4.98 Å². The van der Waals surface area contributed by atoms with Crippen molar-refractivity contribution in [2.45, 2.75) is 6.92 Å². The zero-order valence-electron chi connectivity index (χ0n) is 9.68. The second-order valence-electron chi connectivity index (χ2n) is 3.89. The summed E-state index contributed by atoms with van der Waals surface area (Å²) in [5.74, 6) is 0.857. The van der Waals surface area contributed by atoms with Crippen LogP contribution in [0.5, 0.6) is 5.75 Å². The normalized spacial score (nSPS) is 10.9. The van der Waals surface area contributed by atoms with Gasteiger partial charge in [0, 0.05) is 22.8 Å². The van der Waals surface area contributed by atoms with E-state index in [1.54, 1.807) is 18.4 Å². The van der Waals surface area contributed by atoms with E-state index in [0.29, 0.717) is 0 Å². The first-order valence-electron chi connectivity index (χ1n) is 5.36. The molecule has 0 aliphatic heterocycles. The fraction of sp³-hybridized carbons (Fsp3) is 0.154. The van der Waals surface area contributed by atoms with Crippen LogP contribution in [-0.2, 0) is 0 Å². The number of methoxy groups -OCH3 is 1. The fourth-order valence-electron chi connectivity index (χ4n) is 1.83. The number of hydrogen-bond acceptors (Lipinski definition) is 3. The lowest BCUT2D eigenvalue weighted by molar-refractivity contribution is 0.415. The lowest BCUT2D eigenvalue weighted by Crippen LogP contribution is -1.83. The fourth-order valence-corrected chi connectivity index (χ4v) is 2.64. The maximum Gasteiger partial charge on any atom is 0.194 e. The smallest absolute Gasteiger partial charge is 0.194 e. The largest absolute Gasteiger partial charge is 0.497 e. The average molecular weight is 244 g/mol. The lowest BCUT2D eigenvalue weighted by atomic mass is 10.1. The molecule has 0 aliphatic rings. The van der Waals surface area contributed by atoms with E-state index >= 15 is 0 Å². The highest BCUT2D eigenvalue weighted by atomic mass is 32.1. The Labute approximate surface area is 103 Å². The summed E-state index contributed by atoms with van der Waals surface area (Å²) in [6.45, 7) is 2.09. The summed E-state index contributed by atoms with van der Waals surface area (Å²) in [6.07, 6.45) is 4.14. The van der Waals surface area contributed by atoms with E-state index in [9.17, 15) is 0 Å². The first-order valence-corrected chi connectivity index (χ1v) is 6.17. The number of thiazole rings is 1. The van der Waals surface area contributed by atoms with Gasteiger partial charge >= 0.3 is 0 Å². The van der Waals surface area contributed by atoms with Crippen molar-refractivity contribution < 1.29 is 4.74 Å². The van der Waals surface area contributed by atoms with Gasteiger partial charge in [-0.05, 0) is 19.1 Å². The average Bonchev–Trinajstić information content (AvgIpc) is 2.86. The van der Waals surface area contributed by atoms with Gasteiger partial charge in [0.15, 0.2) is 4.96 Å². The second kappa shape index (κ2) is 3.89. The monoisotopic (exact) mass is 244 g/mol. The summed E-state index contributed by atoms with van der Waals surface area (Å²) in [5.41, 5.74) is 2.06. The van der Waals surface area contributed by atoms with Crippen LogP contribution in [0.15, 0.2) is 36.7 Å². The zero-order valence-corrected chi connectivity index (χ0v) is 10.5. The quantitative estimate of drug-likeness (QED) is 0.691. The van der Waals surface area contributed by atoms with E-state index in [-0.39, 0.29) is 0 Å². The summed E-state index contributed by atoms with van der Waals surface area (Å²) in [5, 5.41) is 0. The third-order valence-electron chi connectivity index (χ3n) is 2.64. The summed E-state index contributed by atoms with van der Waals surface area (Å²) in [4.78, 5) is 6.90. The Morgan fingerprint density at radius 2 is 2.18 bits per heavy atom. The summed E-state index contributed by atoms with van der Waals surface area (Å²) >= 11 is 1.70. The van der Waals surface area contributed by atoms with Crippen molar-refractivity contribution in [1.29, 1.82) is 0 Å². The molecule has 17 heavy (non-hydrogen) atoms. The van der Waals surface area contributed by atoms with Crippen LogP contribution in [-0.4, -0.2) is 16.5 Å². The van der Waals surface area contributed by atoms with Gasteiger partial charge in [-0.1, -0.05) is 12.1 Å². The lowest BCUT2D eigenvalue weighted by Gasteiger charge is -2.01. The molecule has 0 spiro atoms. The third kappa shape index (κ3) is 1.80. The number of hydrogen-bond donors (Lipinski definition) is 0. The number of benzene rings is 1. The van der Waals surface area contributed by atoms with E-state index in [1.165, 1.54) is 4.88 Å². The van der Waals surface area contributed by atoms with Crippen LogP contribution in [0.2, 0.25) is 0 Å². The predicted octanol–water partition coefficient (Wildman–Crippen LogP) is 3.38. The minimum atomic E-state index is 0.857. The minimum Gasteiger partial charge on any atom is -0.497 e. The molecular weight excluding hydrogens is 232 g/mol.